The molecule has 0 radical (unpaired) electrons. The topological polar surface area (TPSA) is 101 Å². The van der Waals surface area contributed by atoms with E-state index in [9.17, 15) is 14.4 Å². The van der Waals surface area contributed by atoms with E-state index in [4.69, 9.17) is 10.2 Å². The van der Waals surface area contributed by atoms with E-state index in [1.54, 1.807) is 0 Å². The molecule has 0 aromatic heterocycles. The van der Waals surface area contributed by atoms with Gasteiger partial charge in [-0.3, -0.25) is 4.79 Å². The van der Waals surface area contributed by atoms with E-state index in [0.29, 0.717) is 12.2 Å². The molecule has 0 aliphatic heterocycles. The number of esters is 1. The molecule has 0 amide bonds. The van der Waals surface area contributed by atoms with Crippen molar-refractivity contribution >= 4 is 17.9 Å². The summed E-state index contributed by atoms with van der Waals surface area (Å²) >= 11 is 0. The van der Waals surface area contributed by atoms with Crippen molar-refractivity contribution in [2.45, 2.75) is 25.7 Å². The lowest BCUT2D eigenvalue weighted by Crippen LogP contribution is -2.11. The molecule has 2 N–H and O–H groups in total. The Hall–Kier alpha value is -1.85. The zero-order chi connectivity index (χ0) is 13.3. The molecular formula is C11H16O6. The summed E-state index contributed by atoms with van der Waals surface area (Å²) in [5, 5.41) is 15.6. The van der Waals surface area contributed by atoms with Gasteiger partial charge in [0.15, 0.2) is 0 Å². The van der Waals surface area contributed by atoms with Crippen molar-refractivity contribution in [3.05, 3.63) is 12.2 Å². The summed E-state index contributed by atoms with van der Waals surface area (Å²) in [5.74, 6) is -2.32. The highest BCUT2D eigenvalue weighted by molar-refractivity contribution is 5.89. The molecule has 0 spiro atoms. The Balaban J connectivity index is 0.000000304. The molecule has 0 aromatic rings. The van der Waals surface area contributed by atoms with Gasteiger partial charge in [0.25, 0.3) is 0 Å². The van der Waals surface area contributed by atoms with Crippen LogP contribution in [-0.2, 0) is 19.1 Å². The first-order valence-electron chi connectivity index (χ1n) is 5.19. The van der Waals surface area contributed by atoms with E-state index in [0.717, 1.165) is 12.8 Å². The summed E-state index contributed by atoms with van der Waals surface area (Å²) in [6.45, 7) is 0. The molecule has 1 aliphatic carbocycles. The van der Waals surface area contributed by atoms with Crippen molar-refractivity contribution in [2.24, 2.45) is 5.92 Å². The van der Waals surface area contributed by atoms with Gasteiger partial charge in [0, 0.05) is 12.2 Å². The summed E-state index contributed by atoms with van der Waals surface area (Å²) in [6.07, 6.45) is 5.57. The Kier molecular flexibility index (Phi) is 7.41. The van der Waals surface area contributed by atoms with Gasteiger partial charge in [-0.05, 0) is 12.8 Å². The van der Waals surface area contributed by atoms with Crippen LogP contribution in [0.5, 0.6) is 0 Å². The van der Waals surface area contributed by atoms with Crippen LogP contribution in [0.1, 0.15) is 25.7 Å². The highest BCUT2D eigenvalue weighted by Crippen LogP contribution is 2.25. The van der Waals surface area contributed by atoms with Crippen molar-refractivity contribution in [1.82, 2.24) is 0 Å². The minimum Gasteiger partial charge on any atom is -0.478 e. The molecule has 0 aromatic carbocycles. The monoisotopic (exact) mass is 244 g/mol. The van der Waals surface area contributed by atoms with Gasteiger partial charge in [0.1, 0.15) is 0 Å². The number of ether oxygens (including phenoxy) is 1. The number of aliphatic carboxylic acids is 2. The van der Waals surface area contributed by atoms with Crippen LogP contribution < -0.4 is 0 Å². The van der Waals surface area contributed by atoms with Gasteiger partial charge in [-0.1, -0.05) is 12.8 Å². The Labute approximate surface area is 98.9 Å². The zero-order valence-corrected chi connectivity index (χ0v) is 9.59. The molecule has 1 fully saturated rings. The second kappa shape index (κ2) is 8.32. The van der Waals surface area contributed by atoms with Crippen LogP contribution in [0.25, 0.3) is 0 Å². The van der Waals surface area contributed by atoms with Crippen LogP contribution in [0.2, 0.25) is 0 Å². The lowest BCUT2D eigenvalue weighted by Gasteiger charge is -2.03. The van der Waals surface area contributed by atoms with Crippen LogP contribution in [-0.4, -0.2) is 35.2 Å². The predicted molar refractivity (Wildman–Crippen MR) is 58.4 cm³/mol. The normalized spacial score (nSPS) is 15.1. The standard InChI is InChI=1S/C7H12O2.C4H4O4/c1-9-7(8)6-4-2-3-5-6;5-3(6)1-2-4(7)8/h6H,2-5H2,1H3;1-2H,(H,5,6)(H,7,8)/b;2-1+. The van der Waals surface area contributed by atoms with Crippen LogP contribution >= 0.6 is 0 Å². The summed E-state index contributed by atoms with van der Waals surface area (Å²) < 4.78 is 4.60. The molecule has 1 rings (SSSR count). The molecule has 0 atom stereocenters. The Morgan fingerprint density at radius 1 is 1.06 bits per heavy atom. The number of hydrogen-bond acceptors (Lipinski definition) is 4. The van der Waals surface area contributed by atoms with Crippen molar-refractivity contribution in [2.75, 3.05) is 7.11 Å². The van der Waals surface area contributed by atoms with Gasteiger partial charge in [-0.2, -0.15) is 0 Å². The van der Waals surface area contributed by atoms with Crippen LogP contribution in [0.4, 0.5) is 0 Å². The SMILES string of the molecule is COC(=O)C1CCCC1.O=C(O)/C=C/C(=O)O. The molecule has 17 heavy (non-hydrogen) atoms. The van der Waals surface area contributed by atoms with Crippen molar-refractivity contribution in [3.63, 3.8) is 0 Å². The Bertz CT molecular complexity index is 285. The number of carbonyl (C=O) groups is 3. The highest BCUT2D eigenvalue weighted by Gasteiger charge is 2.22. The van der Waals surface area contributed by atoms with Gasteiger partial charge < -0.3 is 14.9 Å². The molecule has 1 aliphatic rings. The second-order valence-corrected chi connectivity index (χ2v) is 3.51. The number of hydrogen-bond donors (Lipinski definition) is 2. The number of carbonyl (C=O) groups excluding carboxylic acids is 1. The fourth-order valence-corrected chi connectivity index (χ4v) is 1.47. The van der Waals surface area contributed by atoms with E-state index < -0.39 is 11.9 Å². The molecule has 1 saturated carbocycles. The summed E-state index contributed by atoms with van der Waals surface area (Å²) in [7, 11) is 1.46. The van der Waals surface area contributed by atoms with Gasteiger partial charge in [0.2, 0.25) is 0 Å². The lowest BCUT2D eigenvalue weighted by atomic mass is 10.1. The van der Waals surface area contributed by atoms with E-state index in [1.807, 2.05) is 0 Å². The van der Waals surface area contributed by atoms with E-state index >= 15 is 0 Å². The van der Waals surface area contributed by atoms with E-state index in [-0.39, 0.29) is 11.9 Å². The van der Waals surface area contributed by atoms with Gasteiger partial charge >= 0.3 is 17.9 Å². The van der Waals surface area contributed by atoms with Crippen molar-refractivity contribution in [1.29, 1.82) is 0 Å². The molecule has 6 heteroatoms. The molecule has 0 bridgehead atoms. The molecular weight excluding hydrogens is 228 g/mol. The molecule has 96 valence electrons. The maximum absolute atomic E-state index is 10.8. The number of methoxy groups -OCH3 is 1. The molecule has 0 heterocycles. The van der Waals surface area contributed by atoms with Crippen LogP contribution in [0, 0.1) is 5.92 Å². The van der Waals surface area contributed by atoms with Crippen LogP contribution in [0.15, 0.2) is 12.2 Å². The third-order valence-electron chi connectivity index (χ3n) is 2.26. The molecule has 0 saturated heterocycles. The summed E-state index contributed by atoms with van der Waals surface area (Å²) in [5.41, 5.74) is 0. The smallest absolute Gasteiger partial charge is 0.328 e. The fraction of sp³-hybridized carbons (Fsp3) is 0.545. The Morgan fingerprint density at radius 2 is 1.47 bits per heavy atom. The third kappa shape index (κ3) is 8.01. The highest BCUT2D eigenvalue weighted by atomic mass is 16.5. The molecule has 6 nitrogen and oxygen atoms in total. The van der Waals surface area contributed by atoms with Gasteiger partial charge in [0.05, 0.1) is 13.0 Å². The fourth-order valence-electron chi connectivity index (χ4n) is 1.47. The lowest BCUT2D eigenvalue weighted by molar-refractivity contribution is -0.145. The van der Waals surface area contributed by atoms with Crippen LogP contribution in [0.3, 0.4) is 0 Å². The predicted octanol–water partition coefficient (Wildman–Crippen LogP) is 1.06. The first-order chi connectivity index (χ1) is 7.97. The van der Waals surface area contributed by atoms with Crippen molar-refractivity contribution in [3.8, 4) is 0 Å². The maximum Gasteiger partial charge on any atom is 0.328 e. The summed E-state index contributed by atoms with van der Waals surface area (Å²) in [6, 6.07) is 0. The first kappa shape index (κ1) is 15.2. The number of carboxylic acids is 2. The van der Waals surface area contributed by atoms with Gasteiger partial charge in [-0.25, -0.2) is 9.59 Å². The van der Waals surface area contributed by atoms with Gasteiger partial charge in [-0.15, -0.1) is 0 Å². The van der Waals surface area contributed by atoms with E-state index in [1.165, 1.54) is 20.0 Å². The minimum atomic E-state index is -1.26. The Morgan fingerprint density at radius 3 is 1.76 bits per heavy atom. The van der Waals surface area contributed by atoms with E-state index in [2.05, 4.69) is 4.74 Å². The number of rotatable bonds is 3. The average molecular weight is 244 g/mol. The third-order valence-corrected chi connectivity index (χ3v) is 2.26. The number of carboxylic acid groups (broad SMARTS) is 2. The summed E-state index contributed by atoms with van der Waals surface area (Å²) in [4.78, 5) is 29.9. The average Bonchev–Trinajstić information content (AvgIpc) is 2.79. The maximum atomic E-state index is 10.8. The quantitative estimate of drug-likeness (QED) is 0.568. The minimum absolute atomic E-state index is 0.0208. The first-order valence-corrected chi connectivity index (χ1v) is 5.19. The largest absolute Gasteiger partial charge is 0.478 e. The molecule has 0 unspecified atom stereocenters. The zero-order valence-electron chi connectivity index (χ0n) is 9.59. The second-order valence-electron chi connectivity index (χ2n) is 3.51. The van der Waals surface area contributed by atoms with Crippen molar-refractivity contribution < 1.29 is 29.3 Å².